The summed E-state index contributed by atoms with van der Waals surface area (Å²) in [5.41, 5.74) is 0. The highest BCUT2D eigenvalue weighted by Gasteiger charge is 2.20. The van der Waals surface area contributed by atoms with Crippen LogP contribution < -0.4 is 5.32 Å². The van der Waals surface area contributed by atoms with E-state index in [-0.39, 0.29) is 17.9 Å². The summed E-state index contributed by atoms with van der Waals surface area (Å²) < 4.78 is 5.66. The third-order valence-electron chi connectivity index (χ3n) is 3.08. The highest BCUT2D eigenvalue weighted by Crippen LogP contribution is 2.06. The Morgan fingerprint density at radius 2 is 2.29 bits per heavy atom. The number of carbonyl (C=O) groups excluding carboxylic acids is 1. The van der Waals surface area contributed by atoms with Gasteiger partial charge in [-0.05, 0) is 13.0 Å². The van der Waals surface area contributed by atoms with Gasteiger partial charge in [0.15, 0.2) is 0 Å². The second-order valence-electron chi connectivity index (χ2n) is 5.05. The van der Waals surface area contributed by atoms with Gasteiger partial charge in [0.05, 0.1) is 12.7 Å². The molecular formula is C13H26N2O2. The molecule has 0 radical (unpaired) electrons. The minimum Gasteiger partial charge on any atom is -0.374 e. The lowest BCUT2D eigenvalue weighted by molar-refractivity contribution is -0.125. The normalized spacial score (nSPS) is 21.8. The summed E-state index contributed by atoms with van der Waals surface area (Å²) in [6.07, 6.45) is 2.63. The fourth-order valence-corrected chi connectivity index (χ4v) is 1.91. The largest absolute Gasteiger partial charge is 0.374 e. The number of nitrogens with zero attached hydrogens (tertiary/aromatic N) is 1. The van der Waals surface area contributed by atoms with Gasteiger partial charge in [-0.2, -0.15) is 0 Å². The summed E-state index contributed by atoms with van der Waals surface area (Å²) in [6, 6.07) is 0. The lowest BCUT2D eigenvalue weighted by atomic mass is 10.2. The van der Waals surface area contributed by atoms with Crippen LogP contribution in [0.4, 0.5) is 0 Å². The van der Waals surface area contributed by atoms with E-state index in [1.165, 1.54) is 12.8 Å². The Morgan fingerprint density at radius 1 is 1.53 bits per heavy atom. The van der Waals surface area contributed by atoms with Crippen molar-refractivity contribution in [2.75, 3.05) is 32.8 Å². The van der Waals surface area contributed by atoms with E-state index >= 15 is 0 Å². The van der Waals surface area contributed by atoms with Gasteiger partial charge in [0.2, 0.25) is 5.91 Å². The number of hydrogen-bond donors (Lipinski definition) is 1. The van der Waals surface area contributed by atoms with Gasteiger partial charge < -0.3 is 10.1 Å². The molecule has 1 N–H and O–H groups in total. The van der Waals surface area contributed by atoms with Crippen molar-refractivity contribution in [3.63, 3.8) is 0 Å². The Bertz CT molecular complexity index is 231. The SMILES string of the molecule is CCCCN1CCO[C@H](CNC(=O)C(C)C)C1. The molecule has 4 nitrogen and oxygen atoms in total. The molecular weight excluding hydrogens is 216 g/mol. The summed E-state index contributed by atoms with van der Waals surface area (Å²) in [4.78, 5) is 13.9. The monoisotopic (exact) mass is 242 g/mol. The number of rotatable bonds is 6. The van der Waals surface area contributed by atoms with Crippen molar-refractivity contribution in [1.29, 1.82) is 0 Å². The van der Waals surface area contributed by atoms with Crippen LogP contribution in [-0.4, -0.2) is 49.7 Å². The molecule has 0 aromatic heterocycles. The van der Waals surface area contributed by atoms with Gasteiger partial charge in [-0.25, -0.2) is 0 Å². The molecule has 1 atom stereocenters. The number of nitrogens with one attached hydrogen (secondary N) is 1. The first kappa shape index (κ1) is 14.5. The standard InChI is InChI=1S/C13H26N2O2/c1-4-5-6-15-7-8-17-12(10-15)9-14-13(16)11(2)3/h11-12H,4-10H2,1-3H3,(H,14,16)/t12-/m1/s1. The molecule has 1 amide bonds. The van der Waals surface area contributed by atoms with Crippen molar-refractivity contribution in [2.24, 2.45) is 5.92 Å². The van der Waals surface area contributed by atoms with Gasteiger partial charge in [-0.1, -0.05) is 27.2 Å². The molecule has 17 heavy (non-hydrogen) atoms. The van der Waals surface area contributed by atoms with Gasteiger partial charge in [0, 0.05) is 25.6 Å². The number of unbranched alkanes of at least 4 members (excludes halogenated alkanes) is 1. The average Bonchev–Trinajstić information content (AvgIpc) is 2.33. The fraction of sp³-hybridized carbons (Fsp3) is 0.923. The van der Waals surface area contributed by atoms with E-state index in [0.29, 0.717) is 6.54 Å². The summed E-state index contributed by atoms with van der Waals surface area (Å²) in [6.45, 7) is 10.6. The van der Waals surface area contributed by atoms with E-state index in [4.69, 9.17) is 4.74 Å². The third-order valence-corrected chi connectivity index (χ3v) is 3.08. The molecule has 1 fully saturated rings. The van der Waals surface area contributed by atoms with Gasteiger partial charge in [0.25, 0.3) is 0 Å². The molecule has 1 rings (SSSR count). The zero-order valence-corrected chi connectivity index (χ0v) is 11.4. The molecule has 1 saturated heterocycles. The van der Waals surface area contributed by atoms with Crippen molar-refractivity contribution in [3.8, 4) is 0 Å². The van der Waals surface area contributed by atoms with Gasteiger partial charge >= 0.3 is 0 Å². The predicted octanol–water partition coefficient (Wildman–Crippen LogP) is 1.26. The molecule has 0 unspecified atom stereocenters. The highest BCUT2D eigenvalue weighted by molar-refractivity contribution is 5.77. The van der Waals surface area contributed by atoms with Crippen molar-refractivity contribution in [3.05, 3.63) is 0 Å². The van der Waals surface area contributed by atoms with Crippen LogP contribution in [-0.2, 0) is 9.53 Å². The molecule has 100 valence electrons. The number of ether oxygens (including phenoxy) is 1. The second-order valence-corrected chi connectivity index (χ2v) is 5.05. The molecule has 1 aliphatic rings. The summed E-state index contributed by atoms with van der Waals surface area (Å²) >= 11 is 0. The number of amides is 1. The van der Waals surface area contributed by atoms with Crippen LogP contribution in [0.15, 0.2) is 0 Å². The van der Waals surface area contributed by atoms with Gasteiger partial charge in [-0.15, -0.1) is 0 Å². The number of morpholine rings is 1. The summed E-state index contributed by atoms with van der Waals surface area (Å²) in [7, 11) is 0. The van der Waals surface area contributed by atoms with Crippen LogP contribution in [0.5, 0.6) is 0 Å². The highest BCUT2D eigenvalue weighted by atomic mass is 16.5. The van der Waals surface area contributed by atoms with Crippen LogP contribution in [0.25, 0.3) is 0 Å². The average molecular weight is 242 g/mol. The first-order valence-electron chi connectivity index (χ1n) is 6.75. The number of carbonyl (C=O) groups is 1. The van der Waals surface area contributed by atoms with Crippen molar-refractivity contribution in [1.82, 2.24) is 10.2 Å². The molecule has 0 saturated carbocycles. The molecule has 0 aromatic carbocycles. The minimum atomic E-state index is 0.0507. The Balaban J connectivity index is 2.22. The Labute approximate surface area is 105 Å². The third kappa shape index (κ3) is 5.50. The van der Waals surface area contributed by atoms with Crippen LogP contribution >= 0.6 is 0 Å². The van der Waals surface area contributed by atoms with Crippen LogP contribution in [0.1, 0.15) is 33.6 Å². The quantitative estimate of drug-likeness (QED) is 0.762. The van der Waals surface area contributed by atoms with E-state index in [1.807, 2.05) is 13.8 Å². The first-order valence-corrected chi connectivity index (χ1v) is 6.75. The molecule has 1 heterocycles. The Hall–Kier alpha value is -0.610. The minimum absolute atomic E-state index is 0.0507. The zero-order valence-electron chi connectivity index (χ0n) is 11.4. The van der Waals surface area contributed by atoms with Crippen molar-refractivity contribution in [2.45, 2.75) is 39.7 Å². The lowest BCUT2D eigenvalue weighted by Crippen LogP contribution is -2.48. The van der Waals surface area contributed by atoms with E-state index in [2.05, 4.69) is 17.1 Å². The molecule has 4 heteroatoms. The van der Waals surface area contributed by atoms with E-state index in [1.54, 1.807) is 0 Å². The van der Waals surface area contributed by atoms with E-state index in [9.17, 15) is 4.79 Å². The fourth-order valence-electron chi connectivity index (χ4n) is 1.91. The van der Waals surface area contributed by atoms with Gasteiger partial charge in [0.1, 0.15) is 0 Å². The lowest BCUT2D eigenvalue weighted by Gasteiger charge is -2.33. The molecule has 0 bridgehead atoms. The van der Waals surface area contributed by atoms with Crippen molar-refractivity contribution < 1.29 is 9.53 Å². The summed E-state index contributed by atoms with van der Waals surface area (Å²) in [5.74, 6) is 0.161. The number of hydrogen-bond acceptors (Lipinski definition) is 3. The predicted molar refractivity (Wildman–Crippen MR) is 68.9 cm³/mol. The maximum Gasteiger partial charge on any atom is 0.222 e. The maximum absolute atomic E-state index is 11.5. The smallest absolute Gasteiger partial charge is 0.222 e. The molecule has 1 aliphatic heterocycles. The maximum atomic E-state index is 11.5. The van der Waals surface area contributed by atoms with E-state index in [0.717, 1.165) is 26.2 Å². The van der Waals surface area contributed by atoms with Gasteiger partial charge in [-0.3, -0.25) is 9.69 Å². The molecule has 0 aromatic rings. The van der Waals surface area contributed by atoms with Crippen LogP contribution in [0.3, 0.4) is 0 Å². The topological polar surface area (TPSA) is 41.6 Å². The first-order chi connectivity index (χ1) is 8.13. The summed E-state index contributed by atoms with van der Waals surface area (Å²) in [5, 5.41) is 2.94. The van der Waals surface area contributed by atoms with Crippen LogP contribution in [0, 0.1) is 5.92 Å². The zero-order chi connectivity index (χ0) is 12.7. The second kappa shape index (κ2) is 7.67. The molecule has 0 aliphatic carbocycles. The Kier molecular flexibility index (Phi) is 6.52. The van der Waals surface area contributed by atoms with Crippen molar-refractivity contribution >= 4 is 5.91 Å². The van der Waals surface area contributed by atoms with E-state index < -0.39 is 0 Å². The Morgan fingerprint density at radius 3 is 2.94 bits per heavy atom. The molecule has 0 spiro atoms. The van der Waals surface area contributed by atoms with Crippen LogP contribution in [0.2, 0.25) is 0 Å².